The summed E-state index contributed by atoms with van der Waals surface area (Å²) in [4.78, 5) is 16.7. The van der Waals surface area contributed by atoms with Gasteiger partial charge in [0.25, 0.3) is 0 Å². The van der Waals surface area contributed by atoms with Gasteiger partial charge in [-0.15, -0.1) is 0 Å². The monoisotopic (exact) mass is 465 g/mol. The Morgan fingerprint density at radius 2 is 1.85 bits per heavy atom. The van der Waals surface area contributed by atoms with E-state index in [4.69, 9.17) is 32.8 Å². The average molecular weight is 466 g/mol. The van der Waals surface area contributed by atoms with Crippen molar-refractivity contribution in [3.63, 3.8) is 0 Å². The Labute approximate surface area is 198 Å². The molecule has 8 nitrogen and oxygen atoms in total. The molecule has 4 aromatic rings. The molecule has 33 heavy (non-hydrogen) atoms. The summed E-state index contributed by atoms with van der Waals surface area (Å²) in [6, 6.07) is 9.82. The molecular weight excluding hydrogens is 438 g/mol. The quantitative estimate of drug-likeness (QED) is 0.352. The molecule has 0 spiro atoms. The van der Waals surface area contributed by atoms with Crippen molar-refractivity contribution in [2.24, 2.45) is 0 Å². The summed E-state index contributed by atoms with van der Waals surface area (Å²) in [7, 11) is 7.62. The fourth-order valence-corrected chi connectivity index (χ4v) is 4.01. The standard InChI is InChI=1S/C24H28ClN7O/c1-31(2)9-10-32(3)18-11-19(33-4)22(27)20(21(18)26)24-29-13-16(25)23(30-24)15-12-28-17-8-6-5-7-14(15)17/h5-8,11-13,28H,9-10,26-27H2,1-4H3. The van der Waals surface area contributed by atoms with Crippen LogP contribution in [0.3, 0.4) is 0 Å². The van der Waals surface area contributed by atoms with Crippen LogP contribution >= 0.6 is 11.6 Å². The zero-order valence-corrected chi connectivity index (χ0v) is 19.9. The van der Waals surface area contributed by atoms with Crippen LogP contribution in [0.15, 0.2) is 42.7 Å². The number of methoxy groups -OCH3 is 1. The Kier molecular flexibility index (Phi) is 6.31. The highest BCUT2D eigenvalue weighted by Gasteiger charge is 2.22. The van der Waals surface area contributed by atoms with Gasteiger partial charge >= 0.3 is 0 Å². The molecule has 0 saturated heterocycles. The van der Waals surface area contributed by atoms with Crippen molar-refractivity contribution in [2.45, 2.75) is 0 Å². The molecule has 172 valence electrons. The number of nitrogens with two attached hydrogens (primary N) is 2. The van der Waals surface area contributed by atoms with E-state index in [-0.39, 0.29) is 0 Å². The van der Waals surface area contributed by atoms with Crippen LogP contribution in [0.5, 0.6) is 5.75 Å². The van der Waals surface area contributed by atoms with Crippen molar-refractivity contribution in [2.75, 3.05) is 57.7 Å². The lowest BCUT2D eigenvalue weighted by Crippen LogP contribution is -2.29. The van der Waals surface area contributed by atoms with Crippen molar-refractivity contribution in [1.82, 2.24) is 19.9 Å². The van der Waals surface area contributed by atoms with Crippen LogP contribution in [-0.4, -0.2) is 61.2 Å². The van der Waals surface area contributed by atoms with Gasteiger partial charge in [-0.1, -0.05) is 29.8 Å². The van der Waals surface area contributed by atoms with E-state index >= 15 is 0 Å². The minimum absolute atomic E-state index is 0.381. The van der Waals surface area contributed by atoms with Crippen LogP contribution in [0.1, 0.15) is 0 Å². The Hall–Kier alpha value is -3.49. The van der Waals surface area contributed by atoms with Crippen molar-refractivity contribution >= 4 is 39.6 Å². The number of aromatic amines is 1. The van der Waals surface area contributed by atoms with Gasteiger partial charge in [-0.25, -0.2) is 9.97 Å². The lowest BCUT2D eigenvalue weighted by atomic mass is 10.1. The number of aromatic nitrogens is 3. The van der Waals surface area contributed by atoms with E-state index in [1.807, 2.05) is 57.7 Å². The topological polar surface area (TPSA) is 109 Å². The van der Waals surface area contributed by atoms with Gasteiger partial charge in [-0.05, 0) is 20.2 Å². The molecule has 0 unspecified atom stereocenters. The summed E-state index contributed by atoms with van der Waals surface area (Å²) >= 11 is 6.53. The lowest BCUT2D eigenvalue weighted by molar-refractivity contribution is 0.414. The van der Waals surface area contributed by atoms with Crippen LogP contribution in [0.25, 0.3) is 33.5 Å². The average Bonchev–Trinajstić information content (AvgIpc) is 3.22. The number of fused-ring (bicyclic) bond motifs is 1. The number of halogens is 1. The Bertz CT molecular complexity index is 1300. The number of rotatable bonds is 7. The van der Waals surface area contributed by atoms with Gasteiger partial charge in [0.05, 0.1) is 46.6 Å². The molecule has 0 aliphatic rings. The van der Waals surface area contributed by atoms with Gasteiger partial charge in [-0.2, -0.15) is 0 Å². The van der Waals surface area contributed by atoms with Crippen LogP contribution in [0.2, 0.25) is 5.02 Å². The number of para-hydroxylation sites is 1. The molecule has 0 atom stereocenters. The number of nitrogens with one attached hydrogen (secondary N) is 1. The lowest BCUT2D eigenvalue weighted by Gasteiger charge is -2.25. The predicted octanol–water partition coefficient (Wildman–Crippen LogP) is 4.12. The fraction of sp³-hybridized carbons (Fsp3) is 0.250. The van der Waals surface area contributed by atoms with E-state index in [0.29, 0.717) is 39.2 Å². The van der Waals surface area contributed by atoms with E-state index in [1.54, 1.807) is 13.3 Å². The maximum absolute atomic E-state index is 6.63. The molecule has 0 fully saturated rings. The first-order chi connectivity index (χ1) is 15.8. The molecule has 0 aliphatic heterocycles. The molecule has 0 amide bonds. The number of hydrogen-bond donors (Lipinski definition) is 3. The molecule has 0 aliphatic carbocycles. The summed E-state index contributed by atoms with van der Waals surface area (Å²) in [6.07, 6.45) is 3.47. The maximum atomic E-state index is 6.63. The van der Waals surface area contributed by atoms with E-state index < -0.39 is 0 Å². The van der Waals surface area contributed by atoms with Crippen LogP contribution in [0.4, 0.5) is 17.1 Å². The Balaban J connectivity index is 1.87. The Morgan fingerprint density at radius 3 is 2.58 bits per heavy atom. The largest absolute Gasteiger partial charge is 0.494 e. The first-order valence-electron chi connectivity index (χ1n) is 10.5. The predicted molar refractivity (Wildman–Crippen MR) is 137 cm³/mol. The molecule has 4 rings (SSSR count). The first kappa shape index (κ1) is 22.7. The van der Waals surface area contributed by atoms with Crippen molar-refractivity contribution in [3.8, 4) is 28.4 Å². The number of likely N-dealkylation sites (N-methyl/N-ethyl adjacent to an activating group) is 2. The van der Waals surface area contributed by atoms with Crippen LogP contribution in [-0.2, 0) is 0 Å². The summed E-state index contributed by atoms with van der Waals surface area (Å²) in [5.41, 5.74) is 17.8. The SMILES string of the molecule is COc1cc(N(C)CCN(C)C)c(N)c(-c2ncc(Cl)c(-c3c[nH]c4ccccc34)n2)c1N. The number of nitrogen functional groups attached to an aromatic ring is 2. The van der Waals surface area contributed by atoms with Crippen LogP contribution in [0, 0.1) is 0 Å². The van der Waals surface area contributed by atoms with E-state index in [2.05, 4.69) is 19.8 Å². The molecule has 2 aromatic carbocycles. The molecule has 2 heterocycles. The zero-order chi connectivity index (χ0) is 23.7. The number of anilines is 3. The highest BCUT2D eigenvalue weighted by Crippen LogP contribution is 2.44. The minimum atomic E-state index is 0.381. The minimum Gasteiger partial charge on any atom is -0.494 e. The second kappa shape index (κ2) is 9.17. The molecule has 5 N–H and O–H groups in total. The maximum Gasteiger partial charge on any atom is 0.164 e. The summed E-state index contributed by atoms with van der Waals surface area (Å²) < 4.78 is 5.56. The molecule has 0 saturated carbocycles. The number of ether oxygens (including phenoxy) is 1. The van der Waals surface area contributed by atoms with Crippen molar-refractivity contribution in [1.29, 1.82) is 0 Å². The number of benzene rings is 2. The smallest absolute Gasteiger partial charge is 0.164 e. The zero-order valence-electron chi connectivity index (χ0n) is 19.2. The molecule has 0 bridgehead atoms. The van der Waals surface area contributed by atoms with E-state index in [0.717, 1.165) is 35.2 Å². The van der Waals surface area contributed by atoms with Crippen molar-refractivity contribution in [3.05, 3.63) is 47.7 Å². The summed E-state index contributed by atoms with van der Waals surface area (Å²) in [5.74, 6) is 0.897. The molecule has 0 radical (unpaired) electrons. The Morgan fingerprint density at radius 1 is 1.09 bits per heavy atom. The van der Waals surface area contributed by atoms with Gasteiger partial charge in [0, 0.05) is 48.9 Å². The van der Waals surface area contributed by atoms with E-state index in [9.17, 15) is 0 Å². The third kappa shape index (κ3) is 4.27. The highest BCUT2D eigenvalue weighted by atomic mass is 35.5. The molecule has 9 heteroatoms. The second-order valence-corrected chi connectivity index (χ2v) is 8.57. The summed E-state index contributed by atoms with van der Waals surface area (Å²) in [5, 5.41) is 1.45. The second-order valence-electron chi connectivity index (χ2n) is 8.16. The van der Waals surface area contributed by atoms with Gasteiger partial charge < -0.3 is 31.0 Å². The van der Waals surface area contributed by atoms with Gasteiger partial charge in [0.2, 0.25) is 0 Å². The van der Waals surface area contributed by atoms with Crippen molar-refractivity contribution < 1.29 is 4.74 Å². The molecular formula is C24H28ClN7O. The van der Waals surface area contributed by atoms with Gasteiger partial charge in [-0.3, -0.25) is 0 Å². The molecule has 2 aromatic heterocycles. The van der Waals surface area contributed by atoms with E-state index in [1.165, 1.54) is 0 Å². The third-order valence-electron chi connectivity index (χ3n) is 5.67. The fourth-order valence-electron chi connectivity index (χ4n) is 3.82. The number of nitrogens with zero attached hydrogens (tertiary/aromatic N) is 4. The first-order valence-corrected chi connectivity index (χ1v) is 10.9. The number of H-pyrrole nitrogens is 1. The third-order valence-corrected chi connectivity index (χ3v) is 5.95. The normalized spacial score (nSPS) is 11.3. The van der Waals surface area contributed by atoms with Gasteiger partial charge in [0.15, 0.2) is 5.82 Å². The highest BCUT2D eigenvalue weighted by molar-refractivity contribution is 6.33. The van der Waals surface area contributed by atoms with Crippen LogP contribution < -0.4 is 21.1 Å². The van der Waals surface area contributed by atoms with Gasteiger partial charge in [0.1, 0.15) is 5.75 Å². The summed E-state index contributed by atoms with van der Waals surface area (Å²) in [6.45, 7) is 1.63. The number of hydrogen-bond acceptors (Lipinski definition) is 7.